The van der Waals surface area contributed by atoms with Gasteiger partial charge in [0.15, 0.2) is 0 Å². The van der Waals surface area contributed by atoms with Crippen LogP contribution in [0, 0.1) is 20.8 Å². The molecule has 0 aliphatic carbocycles. The lowest BCUT2D eigenvalue weighted by atomic mass is 9.92. The fraction of sp³-hybridized carbons (Fsp3) is 0.278. The Morgan fingerprint density at radius 1 is 1.10 bits per heavy atom. The molecule has 0 bridgehead atoms. The molecule has 0 saturated carbocycles. The van der Waals surface area contributed by atoms with Gasteiger partial charge in [0.1, 0.15) is 18.6 Å². The summed E-state index contributed by atoms with van der Waals surface area (Å²) in [5.74, 6) is 0.787. The second-order valence-electron chi connectivity index (χ2n) is 5.14. The Hall–Kier alpha value is -2.13. The van der Waals surface area contributed by atoms with Crippen molar-refractivity contribution in [1.29, 1.82) is 0 Å². The molecule has 0 fully saturated rings. The third kappa shape index (κ3) is 3.14. The quantitative estimate of drug-likeness (QED) is 0.855. The van der Waals surface area contributed by atoms with Gasteiger partial charge in [0, 0.05) is 5.56 Å². The fourth-order valence-electron chi connectivity index (χ4n) is 2.46. The first-order valence-electron chi connectivity index (χ1n) is 6.98. The Morgan fingerprint density at radius 2 is 1.86 bits per heavy atom. The van der Waals surface area contributed by atoms with Crippen LogP contribution < -0.4 is 4.74 Å². The number of aliphatic hydroxyl groups excluding tert-OH is 1. The van der Waals surface area contributed by atoms with Crippen molar-refractivity contribution in [1.82, 2.24) is 0 Å². The van der Waals surface area contributed by atoms with Gasteiger partial charge in [-0.1, -0.05) is 18.2 Å². The predicted molar refractivity (Wildman–Crippen MR) is 84.1 cm³/mol. The van der Waals surface area contributed by atoms with Gasteiger partial charge in [-0.3, -0.25) is 4.79 Å². The molecule has 0 aromatic heterocycles. The van der Waals surface area contributed by atoms with E-state index in [1.165, 1.54) is 0 Å². The minimum Gasteiger partial charge on any atom is -0.491 e. The van der Waals surface area contributed by atoms with Crippen molar-refractivity contribution in [3.63, 3.8) is 0 Å². The summed E-state index contributed by atoms with van der Waals surface area (Å²) in [6.07, 6.45) is 0.889. The highest BCUT2D eigenvalue weighted by Gasteiger charge is 2.11. The molecular weight excluding hydrogens is 264 g/mol. The van der Waals surface area contributed by atoms with Crippen molar-refractivity contribution >= 4 is 6.29 Å². The smallest absolute Gasteiger partial charge is 0.150 e. The number of aryl methyl sites for hydroxylation is 2. The Bertz CT molecular complexity index is 660. The van der Waals surface area contributed by atoms with E-state index in [4.69, 9.17) is 9.84 Å². The highest BCUT2D eigenvalue weighted by Crippen LogP contribution is 2.32. The molecule has 0 aliphatic heterocycles. The largest absolute Gasteiger partial charge is 0.491 e. The van der Waals surface area contributed by atoms with Gasteiger partial charge in [0.25, 0.3) is 0 Å². The molecule has 0 aliphatic rings. The monoisotopic (exact) mass is 284 g/mol. The van der Waals surface area contributed by atoms with Crippen LogP contribution in [0.4, 0.5) is 0 Å². The molecule has 110 valence electrons. The molecule has 2 rings (SSSR count). The molecule has 2 aromatic rings. The van der Waals surface area contributed by atoms with Gasteiger partial charge in [-0.2, -0.15) is 0 Å². The van der Waals surface area contributed by atoms with Crippen LogP contribution in [-0.2, 0) is 0 Å². The molecule has 21 heavy (non-hydrogen) atoms. The fourth-order valence-corrected chi connectivity index (χ4v) is 2.46. The molecule has 3 nitrogen and oxygen atoms in total. The molecule has 0 radical (unpaired) electrons. The summed E-state index contributed by atoms with van der Waals surface area (Å²) in [6.45, 7) is 6.26. The molecule has 0 saturated heterocycles. The Labute approximate surface area is 125 Å². The number of aldehydes is 1. The topological polar surface area (TPSA) is 46.5 Å². The molecule has 0 spiro atoms. The summed E-state index contributed by atoms with van der Waals surface area (Å²) in [6, 6.07) is 9.80. The zero-order valence-electron chi connectivity index (χ0n) is 12.6. The van der Waals surface area contributed by atoms with E-state index >= 15 is 0 Å². The van der Waals surface area contributed by atoms with E-state index in [0.717, 1.165) is 39.9 Å². The number of carbonyl (C=O) groups is 1. The zero-order valence-corrected chi connectivity index (χ0v) is 12.6. The molecule has 1 N–H and O–H groups in total. The highest BCUT2D eigenvalue weighted by atomic mass is 16.5. The van der Waals surface area contributed by atoms with Crippen molar-refractivity contribution in [3.05, 3.63) is 52.6 Å². The molecular formula is C18H20O3. The Morgan fingerprint density at radius 3 is 2.52 bits per heavy atom. The number of hydrogen-bond acceptors (Lipinski definition) is 3. The maximum absolute atomic E-state index is 11.1. The normalized spacial score (nSPS) is 10.5. The minimum absolute atomic E-state index is 0.000721. The second-order valence-corrected chi connectivity index (χ2v) is 5.14. The molecule has 0 amide bonds. The summed E-state index contributed by atoms with van der Waals surface area (Å²) in [7, 11) is 0. The number of ether oxygens (including phenoxy) is 1. The van der Waals surface area contributed by atoms with Crippen LogP contribution in [0.3, 0.4) is 0 Å². The standard InChI is InChI=1S/C18H20O3/c1-12-10-18(21-8-7-19)13(2)9-17(12)16-6-4-5-15(11-20)14(16)3/h4-6,9-11,19H,7-8H2,1-3H3. The lowest BCUT2D eigenvalue weighted by Gasteiger charge is -2.15. The second kappa shape index (κ2) is 6.55. The van der Waals surface area contributed by atoms with E-state index < -0.39 is 0 Å². The van der Waals surface area contributed by atoms with Crippen LogP contribution >= 0.6 is 0 Å². The molecule has 2 aromatic carbocycles. The van der Waals surface area contributed by atoms with E-state index in [1.54, 1.807) is 0 Å². The maximum atomic E-state index is 11.1. The first-order valence-corrected chi connectivity index (χ1v) is 6.98. The summed E-state index contributed by atoms with van der Waals surface area (Å²) in [4.78, 5) is 11.1. The van der Waals surface area contributed by atoms with E-state index in [2.05, 4.69) is 6.07 Å². The number of benzene rings is 2. The van der Waals surface area contributed by atoms with Crippen LogP contribution in [-0.4, -0.2) is 24.6 Å². The van der Waals surface area contributed by atoms with Gasteiger partial charge in [-0.15, -0.1) is 0 Å². The van der Waals surface area contributed by atoms with Crippen LogP contribution in [0.2, 0.25) is 0 Å². The maximum Gasteiger partial charge on any atom is 0.150 e. The first-order chi connectivity index (χ1) is 10.1. The van der Waals surface area contributed by atoms with Gasteiger partial charge in [0.05, 0.1) is 6.61 Å². The van der Waals surface area contributed by atoms with Gasteiger partial charge >= 0.3 is 0 Å². The molecule has 0 heterocycles. The number of hydrogen-bond donors (Lipinski definition) is 1. The van der Waals surface area contributed by atoms with E-state index in [-0.39, 0.29) is 6.61 Å². The van der Waals surface area contributed by atoms with Crippen molar-refractivity contribution in [2.75, 3.05) is 13.2 Å². The van der Waals surface area contributed by atoms with Crippen molar-refractivity contribution in [2.24, 2.45) is 0 Å². The van der Waals surface area contributed by atoms with Crippen molar-refractivity contribution in [3.8, 4) is 16.9 Å². The molecule has 3 heteroatoms. The van der Waals surface area contributed by atoms with Crippen LogP contribution in [0.5, 0.6) is 5.75 Å². The summed E-state index contributed by atoms with van der Waals surface area (Å²) in [5, 5.41) is 8.86. The third-order valence-electron chi connectivity index (χ3n) is 3.66. The average Bonchev–Trinajstić information content (AvgIpc) is 2.48. The summed E-state index contributed by atoms with van der Waals surface area (Å²) < 4.78 is 5.53. The van der Waals surface area contributed by atoms with Gasteiger partial charge < -0.3 is 9.84 Å². The van der Waals surface area contributed by atoms with Crippen molar-refractivity contribution in [2.45, 2.75) is 20.8 Å². The average molecular weight is 284 g/mol. The Balaban J connectivity index is 2.50. The SMILES string of the molecule is Cc1cc(-c2cccc(C=O)c2C)c(C)cc1OCCO. The highest BCUT2D eigenvalue weighted by molar-refractivity contribution is 5.83. The van der Waals surface area contributed by atoms with Crippen LogP contribution in [0.1, 0.15) is 27.0 Å². The van der Waals surface area contributed by atoms with Gasteiger partial charge in [-0.25, -0.2) is 0 Å². The van der Waals surface area contributed by atoms with Crippen LogP contribution in [0.15, 0.2) is 30.3 Å². The summed E-state index contributed by atoms with van der Waals surface area (Å²) >= 11 is 0. The predicted octanol–water partition coefficient (Wildman–Crippen LogP) is 3.46. The third-order valence-corrected chi connectivity index (χ3v) is 3.66. The van der Waals surface area contributed by atoms with Gasteiger partial charge in [0.2, 0.25) is 0 Å². The summed E-state index contributed by atoms with van der Waals surface area (Å²) in [5.41, 5.74) is 5.96. The van der Waals surface area contributed by atoms with Crippen molar-refractivity contribution < 1.29 is 14.6 Å². The molecule has 0 unspecified atom stereocenters. The number of carbonyl (C=O) groups excluding carboxylic acids is 1. The van der Waals surface area contributed by atoms with Crippen LogP contribution in [0.25, 0.3) is 11.1 Å². The van der Waals surface area contributed by atoms with E-state index in [0.29, 0.717) is 12.2 Å². The zero-order chi connectivity index (χ0) is 15.4. The lowest BCUT2D eigenvalue weighted by molar-refractivity contribution is 0.112. The molecule has 0 atom stereocenters. The Kier molecular flexibility index (Phi) is 4.76. The number of rotatable bonds is 5. The first kappa shape index (κ1) is 15.3. The van der Waals surface area contributed by atoms with Gasteiger partial charge in [-0.05, 0) is 60.7 Å². The van der Waals surface area contributed by atoms with E-state index in [9.17, 15) is 4.79 Å². The minimum atomic E-state index is 0.000721. The number of aliphatic hydroxyl groups is 1. The van der Waals surface area contributed by atoms with E-state index in [1.807, 2.05) is 45.0 Å². The lowest BCUT2D eigenvalue weighted by Crippen LogP contribution is -2.03.